The van der Waals surface area contributed by atoms with E-state index in [4.69, 9.17) is 15.2 Å². The highest BCUT2D eigenvalue weighted by atomic mass is 32.1. The molecule has 0 aliphatic carbocycles. The molecular formula is C23H24N2O2S. The van der Waals surface area contributed by atoms with E-state index in [1.807, 2.05) is 32.9 Å². The number of hydrogen-bond acceptors (Lipinski definition) is 5. The Morgan fingerprint density at radius 3 is 2.79 bits per heavy atom. The highest BCUT2D eigenvalue weighted by molar-refractivity contribution is 7.19. The van der Waals surface area contributed by atoms with Crippen LogP contribution in [-0.2, 0) is 0 Å². The second kappa shape index (κ2) is 6.99. The van der Waals surface area contributed by atoms with E-state index in [-0.39, 0.29) is 0 Å². The van der Waals surface area contributed by atoms with Gasteiger partial charge in [0.1, 0.15) is 17.1 Å². The third kappa shape index (κ3) is 3.38. The van der Waals surface area contributed by atoms with Gasteiger partial charge in [-0.1, -0.05) is 41.2 Å². The zero-order valence-corrected chi connectivity index (χ0v) is 17.4. The molecule has 3 aromatic rings. The lowest BCUT2D eigenvalue weighted by molar-refractivity contribution is 0.159. The number of anilines is 1. The van der Waals surface area contributed by atoms with Crippen LogP contribution in [-0.4, -0.2) is 17.2 Å². The molecule has 0 fully saturated rings. The van der Waals surface area contributed by atoms with Gasteiger partial charge in [0.15, 0.2) is 5.13 Å². The van der Waals surface area contributed by atoms with Crippen molar-refractivity contribution in [1.82, 2.24) is 4.98 Å². The fourth-order valence-corrected chi connectivity index (χ4v) is 4.24. The topological polar surface area (TPSA) is 57.4 Å². The van der Waals surface area contributed by atoms with Crippen molar-refractivity contribution >= 4 is 22.5 Å². The van der Waals surface area contributed by atoms with Crippen molar-refractivity contribution in [2.75, 3.05) is 12.3 Å². The molecule has 4 rings (SSSR count). The molecule has 0 amide bonds. The number of hydrogen-bond donors (Lipinski definition) is 1. The number of thiazole rings is 1. The maximum Gasteiger partial charge on any atom is 0.181 e. The van der Waals surface area contributed by atoms with Crippen LogP contribution in [0, 0.1) is 6.92 Å². The number of nitrogen functional groups attached to an aromatic ring is 1. The summed E-state index contributed by atoms with van der Waals surface area (Å²) in [4.78, 5) is 5.71. The summed E-state index contributed by atoms with van der Waals surface area (Å²) in [5.74, 6) is 1.60. The number of rotatable bonds is 4. The number of aryl methyl sites for hydroxylation is 1. The molecule has 2 heterocycles. The minimum atomic E-state index is -0.405. The van der Waals surface area contributed by atoms with Gasteiger partial charge in [-0.15, -0.1) is 0 Å². The van der Waals surface area contributed by atoms with Gasteiger partial charge in [-0.3, -0.25) is 0 Å². The lowest BCUT2D eigenvalue weighted by atomic mass is 9.96. The van der Waals surface area contributed by atoms with E-state index in [1.165, 1.54) is 16.9 Å². The summed E-state index contributed by atoms with van der Waals surface area (Å²) >= 11 is 1.50. The molecule has 2 N–H and O–H groups in total. The van der Waals surface area contributed by atoms with E-state index in [9.17, 15) is 0 Å². The zero-order valence-electron chi connectivity index (χ0n) is 16.6. The third-order valence-corrected chi connectivity index (χ3v) is 5.59. The number of aromatic nitrogens is 1. The van der Waals surface area contributed by atoms with Crippen molar-refractivity contribution in [3.63, 3.8) is 0 Å². The first-order valence-corrected chi connectivity index (χ1v) is 10.2. The van der Waals surface area contributed by atoms with E-state index < -0.39 is 5.60 Å². The first-order valence-electron chi connectivity index (χ1n) is 9.40. The maximum atomic E-state index is 6.37. The Hall–Kier alpha value is -2.79. The molecule has 28 heavy (non-hydrogen) atoms. The highest BCUT2D eigenvalue weighted by Crippen LogP contribution is 2.47. The summed E-state index contributed by atoms with van der Waals surface area (Å²) in [5, 5.41) is 0.541. The van der Waals surface area contributed by atoms with Crippen molar-refractivity contribution < 1.29 is 9.47 Å². The van der Waals surface area contributed by atoms with Crippen molar-refractivity contribution in [2.24, 2.45) is 0 Å². The summed E-state index contributed by atoms with van der Waals surface area (Å²) in [5.41, 5.74) is 10.8. The average Bonchev–Trinajstić information content (AvgIpc) is 3.03. The molecule has 0 saturated carbocycles. The Balaban J connectivity index is 1.93. The zero-order chi connectivity index (χ0) is 19.9. The van der Waals surface area contributed by atoms with Gasteiger partial charge in [0, 0.05) is 5.56 Å². The van der Waals surface area contributed by atoms with E-state index in [0.29, 0.717) is 11.7 Å². The summed E-state index contributed by atoms with van der Waals surface area (Å²) in [7, 11) is 0. The molecule has 2 aromatic carbocycles. The van der Waals surface area contributed by atoms with E-state index in [0.717, 1.165) is 38.8 Å². The van der Waals surface area contributed by atoms with Crippen LogP contribution in [0.15, 0.2) is 42.5 Å². The number of benzene rings is 2. The number of nitrogens with zero attached hydrogens (tertiary/aromatic N) is 1. The number of nitrogens with two attached hydrogens (primary N) is 1. The quantitative estimate of drug-likeness (QED) is 0.596. The molecule has 0 radical (unpaired) electrons. The molecule has 144 valence electrons. The second-order valence-electron chi connectivity index (χ2n) is 7.43. The van der Waals surface area contributed by atoms with Crippen molar-refractivity contribution in [1.29, 1.82) is 0 Å². The number of ether oxygens (including phenoxy) is 2. The fraction of sp³-hybridized carbons (Fsp3) is 0.261. The third-order valence-electron chi connectivity index (χ3n) is 4.65. The Morgan fingerprint density at radius 2 is 2.04 bits per heavy atom. The van der Waals surface area contributed by atoms with Crippen LogP contribution in [0.3, 0.4) is 0 Å². The molecule has 1 aromatic heterocycles. The van der Waals surface area contributed by atoms with Gasteiger partial charge < -0.3 is 15.2 Å². The van der Waals surface area contributed by atoms with E-state index in [1.54, 1.807) is 0 Å². The molecule has 5 heteroatoms. The Bertz CT molecular complexity index is 1070. The predicted molar refractivity (Wildman–Crippen MR) is 117 cm³/mol. The summed E-state index contributed by atoms with van der Waals surface area (Å²) in [6.45, 7) is 8.75. The van der Waals surface area contributed by atoms with Gasteiger partial charge in [0.2, 0.25) is 0 Å². The Labute approximate surface area is 169 Å². The van der Waals surface area contributed by atoms with Gasteiger partial charge in [0.25, 0.3) is 0 Å². The fourth-order valence-electron chi connectivity index (χ4n) is 3.40. The van der Waals surface area contributed by atoms with Crippen molar-refractivity contribution in [2.45, 2.75) is 33.3 Å². The average molecular weight is 393 g/mol. The molecule has 0 saturated heterocycles. The van der Waals surface area contributed by atoms with Gasteiger partial charge in [-0.2, -0.15) is 0 Å². The first kappa shape index (κ1) is 18.6. The van der Waals surface area contributed by atoms with Crippen LogP contribution in [0.4, 0.5) is 5.13 Å². The highest BCUT2D eigenvalue weighted by Gasteiger charge is 2.28. The molecule has 0 bridgehead atoms. The van der Waals surface area contributed by atoms with Crippen LogP contribution >= 0.6 is 11.3 Å². The first-order chi connectivity index (χ1) is 13.4. The van der Waals surface area contributed by atoms with Crippen LogP contribution < -0.4 is 15.2 Å². The summed E-state index contributed by atoms with van der Waals surface area (Å²) in [6, 6.07) is 12.4. The van der Waals surface area contributed by atoms with E-state index >= 15 is 0 Å². The molecular weight excluding hydrogens is 368 g/mol. The summed E-state index contributed by atoms with van der Waals surface area (Å²) in [6.07, 6.45) is 4.13. The van der Waals surface area contributed by atoms with Gasteiger partial charge >= 0.3 is 0 Å². The van der Waals surface area contributed by atoms with Crippen LogP contribution in [0.1, 0.15) is 31.9 Å². The lowest BCUT2D eigenvalue weighted by Crippen LogP contribution is -2.28. The second-order valence-corrected chi connectivity index (χ2v) is 8.46. The number of fused-ring (bicyclic) bond motifs is 1. The van der Waals surface area contributed by atoms with E-state index in [2.05, 4.69) is 48.3 Å². The SMILES string of the molecule is CCOc1ccc(-c2nc(N)sc2-c2cccc(C)c2)c2c1C=CC(C)(C)O2. The predicted octanol–water partition coefficient (Wildman–Crippen LogP) is 5.95. The van der Waals surface area contributed by atoms with Crippen LogP contribution in [0.2, 0.25) is 0 Å². The molecule has 1 aliphatic heterocycles. The molecule has 0 atom stereocenters. The normalized spacial score (nSPS) is 14.4. The van der Waals surface area contributed by atoms with Crippen LogP contribution in [0.5, 0.6) is 11.5 Å². The minimum absolute atomic E-state index is 0.405. The molecule has 0 unspecified atom stereocenters. The standard InChI is InChI=1S/C23H24N2O2S/c1-5-26-18-10-9-17(20-16(18)11-12-23(3,4)27-20)19-21(28-22(24)25-19)15-8-6-7-14(2)13-15/h6-13H,5H2,1-4H3,(H2,24,25). The van der Waals surface area contributed by atoms with Crippen molar-refractivity contribution in [3.8, 4) is 33.2 Å². The lowest BCUT2D eigenvalue weighted by Gasteiger charge is -2.30. The molecule has 4 nitrogen and oxygen atoms in total. The largest absolute Gasteiger partial charge is 0.493 e. The van der Waals surface area contributed by atoms with Gasteiger partial charge in [-0.05, 0) is 57.5 Å². The van der Waals surface area contributed by atoms with Gasteiger partial charge in [0.05, 0.1) is 22.7 Å². The van der Waals surface area contributed by atoms with Crippen LogP contribution in [0.25, 0.3) is 27.8 Å². The molecule has 1 aliphatic rings. The smallest absolute Gasteiger partial charge is 0.181 e. The molecule has 0 spiro atoms. The monoisotopic (exact) mass is 392 g/mol. The minimum Gasteiger partial charge on any atom is -0.493 e. The Morgan fingerprint density at radius 1 is 1.21 bits per heavy atom. The van der Waals surface area contributed by atoms with Crippen molar-refractivity contribution in [3.05, 3.63) is 53.6 Å². The summed E-state index contributed by atoms with van der Waals surface area (Å²) < 4.78 is 12.2. The Kier molecular flexibility index (Phi) is 4.63. The van der Waals surface area contributed by atoms with Gasteiger partial charge in [-0.25, -0.2) is 4.98 Å². The maximum absolute atomic E-state index is 6.37.